The smallest absolute Gasteiger partial charge is 0.423 e. The Morgan fingerprint density at radius 1 is 1.19 bits per heavy atom. The molecule has 1 aliphatic heterocycles. The van der Waals surface area contributed by atoms with E-state index < -0.39 is 12.2 Å². The molecule has 1 fully saturated rings. The fourth-order valence-electron chi connectivity index (χ4n) is 1.32. The van der Waals surface area contributed by atoms with Gasteiger partial charge in [0, 0.05) is 6.20 Å². The van der Waals surface area contributed by atoms with Crippen molar-refractivity contribution in [1.82, 2.24) is 4.90 Å². The zero-order chi connectivity index (χ0) is 12.0. The van der Waals surface area contributed by atoms with Gasteiger partial charge in [-0.1, -0.05) is 0 Å². The molecule has 0 atom stereocenters. The van der Waals surface area contributed by atoms with Crippen molar-refractivity contribution in [3.05, 3.63) is 11.8 Å². The highest BCUT2D eigenvalue weighted by Crippen LogP contribution is 2.15. The van der Waals surface area contributed by atoms with Crippen molar-refractivity contribution < 1.29 is 23.8 Å². The highest BCUT2D eigenvalue weighted by atomic mass is 16.6. The van der Waals surface area contributed by atoms with Crippen LogP contribution in [-0.4, -0.2) is 44.5 Å². The predicted octanol–water partition coefficient (Wildman–Crippen LogP) is 1.52. The lowest BCUT2D eigenvalue weighted by molar-refractivity contribution is 0.107. The van der Waals surface area contributed by atoms with Gasteiger partial charge in [0.1, 0.15) is 0 Å². The zero-order valence-electron chi connectivity index (χ0n) is 9.39. The monoisotopic (exact) mass is 229 g/mol. The van der Waals surface area contributed by atoms with E-state index in [0.29, 0.717) is 26.1 Å². The molecule has 1 aliphatic rings. The van der Waals surface area contributed by atoms with Crippen LogP contribution in [0.1, 0.15) is 12.8 Å². The standard InChI is InChI=1S/C10H15NO5/c1-14-9(12)11(10(13)15-2)7-8-3-5-16-6-4-8/h7H,3-6H2,1-2H3. The molecule has 0 aliphatic carbocycles. The average Bonchev–Trinajstić information content (AvgIpc) is 2.35. The van der Waals surface area contributed by atoms with Gasteiger partial charge < -0.3 is 14.2 Å². The van der Waals surface area contributed by atoms with Crippen LogP contribution >= 0.6 is 0 Å². The summed E-state index contributed by atoms with van der Waals surface area (Å²) in [5.41, 5.74) is 0.960. The van der Waals surface area contributed by atoms with Crippen molar-refractivity contribution in [3.8, 4) is 0 Å². The van der Waals surface area contributed by atoms with Gasteiger partial charge in [-0.05, 0) is 18.4 Å². The summed E-state index contributed by atoms with van der Waals surface area (Å²) in [4.78, 5) is 23.4. The third-order valence-corrected chi connectivity index (χ3v) is 2.19. The Balaban J connectivity index is 2.75. The normalized spacial score (nSPS) is 15.2. The minimum absolute atomic E-state index is 0.599. The van der Waals surface area contributed by atoms with Gasteiger partial charge in [-0.3, -0.25) is 0 Å². The van der Waals surface area contributed by atoms with Crippen molar-refractivity contribution in [2.45, 2.75) is 12.8 Å². The Labute approximate surface area is 93.8 Å². The van der Waals surface area contributed by atoms with Crippen LogP contribution in [0.3, 0.4) is 0 Å². The van der Waals surface area contributed by atoms with Crippen LogP contribution in [0.2, 0.25) is 0 Å². The molecule has 0 N–H and O–H groups in total. The molecular weight excluding hydrogens is 214 g/mol. The van der Waals surface area contributed by atoms with E-state index in [9.17, 15) is 9.59 Å². The van der Waals surface area contributed by atoms with Crippen LogP contribution in [0.5, 0.6) is 0 Å². The molecule has 6 nitrogen and oxygen atoms in total. The second-order valence-electron chi connectivity index (χ2n) is 3.21. The van der Waals surface area contributed by atoms with Crippen LogP contribution in [-0.2, 0) is 14.2 Å². The lowest BCUT2D eigenvalue weighted by Crippen LogP contribution is -2.32. The Morgan fingerprint density at radius 3 is 2.12 bits per heavy atom. The summed E-state index contributed by atoms with van der Waals surface area (Å²) >= 11 is 0. The quantitative estimate of drug-likeness (QED) is 0.682. The number of carbonyl (C=O) groups is 2. The topological polar surface area (TPSA) is 65.1 Å². The molecule has 0 bridgehead atoms. The van der Waals surface area contributed by atoms with Crippen molar-refractivity contribution in [1.29, 1.82) is 0 Å². The van der Waals surface area contributed by atoms with E-state index in [0.717, 1.165) is 10.5 Å². The fraction of sp³-hybridized carbons (Fsp3) is 0.600. The van der Waals surface area contributed by atoms with E-state index in [1.807, 2.05) is 0 Å². The Bertz CT molecular complexity index is 276. The Morgan fingerprint density at radius 2 is 1.69 bits per heavy atom. The van der Waals surface area contributed by atoms with Crippen LogP contribution in [0.15, 0.2) is 11.8 Å². The largest absolute Gasteiger partial charge is 0.452 e. The van der Waals surface area contributed by atoms with Gasteiger partial charge in [0.2, 0.25) is 0 Å². The molecule has 0 aromatic carbocycles. The average molecular weight is 229 g/mol. The first-order chi connectivity index (χ1) is 7.69. The number of imide groups is 1. The number of hydrogen-bond acceptors (Lipinski definition) is 5. The van der Waals surface area contributed by atoms with Gasteiger partial charge in [-0.15, -0.1) is 0 Å². The zero-order valence-corrected chi connectivity index (χ0v) is 9.39. The van der Waals surface area contributed by atoms with Crippen LogP contribution in [0.4, 0.5) is 9.59 Å². The molecular formula is C10H15NO5. The molecule has 0 spiro atoms. The van der Waals surface area contributed by atoms with E-state index in [-0.39, 0.29) is 0 Å². The fourth-order valence-corrected chi connectivity index (χ4v) is 1.32. The van der Waals surface area contributed by atoms with Gasteiger partial charge in [0.25, 0.3) is 0 Å². The number of hydrogen-bond donors (Lipinski definition) is 0. The summed E-state index contributed by atoms with van der Waals surface area (Å²) in [6.45, 7) is 1.20. The molecule has 0 saturated carbocycles. The van der Waals surface area contributed by atoms with Crippen molar-refractivity contribution in [2.75, 3.05) is 27.4 Å². The van der Waals surface area contributed by atoms with E-state index in [4.69, 9.17) is 4.74 Å². The number of amides is 2. The Hall–Kier alpha value is -1.56. The summed E-state index contributed by atoms with van der Waals surface area (Å²) in [6, 6.07) is 0. The summed E-state index contributed by atoms with van der Waals surface area (Å²) in [5, 5.41) is 0. The molecule has 0 radical (unpaired) electrons. The van der Waals surface area contributed by atoms with Crippen LogP contribution in [0, 0.1) is 0 Å². The minimum Gasteiger partial charge on any atom is -0.452 e. The summed E-state index contributed by atoms with van der Waals surface area (Å²) < 4.78 is 14.1. The number of carbonyl (C=O) groups excluding carboxylic acids is 2. The van der Waals surface area contributed by atoms with Gasteiger partial charge >= 0.3 is 12.2 Å². The maximum absolute atomic E-state index is 11.3. The molecule has 0 unspecified atom stereocenters. The first-order valence-electron chi connectivity index (χ1n) is 4.91. The van der Waals surface area contributed by atoms with Gasteiger partial charge in [0.15, 0.2) is 0 Å². The third kappa shape index (κ3) is 3.23. The third-order valence-electron chi connectivity index (χ3n) is 2.19. The maximum Gasteiger partial charge on any atom is 0.423 e. The molecule has 16 heavy (non-hydrogen) atoms. The second-order valence-corrected chi connectivity index (χ2v) is 3.21. The SMILES string of the molecule is COC(=O)N(C=C1CCOCC1)C(=O)OC. The summed E-state index contributed by atoms with van der Waals surface area (Å²) in [6.07, 6.45) is 1.34. The predicted molar refractivity (Wildman–Crippen MR) is 54.8 cm³/mol. The lowest BCUT2D eigenvalue weighted by Gasteiger charge is -2.18. The van der Waals surface area contributed by atoms with Crippen LogP contribution in [0.25, 0.3) is 0 Å². The van der Waals surface area contributed by atoms with Crippen molar-refractivity contribution in [3.63, 3.8) is 0 Å². The van der Waals surface area contributed by atoms with Gasteiger partial charge in [-0.2, -0.15) is 4.90 Å². The van der Waals surface area contributed by atoms with E-state index in [1.54, 1.807) is 0 Å². The molecule has 1 saturated heterocycles. The van der Waals surface area contributed by atoms with Crippen molar-refractivity contribution >= 4 is 12.2 Å². The van der Waals surface area contributed by atoms with Gasteiger partial charge in [0.05, 0.1) is 27.4 Å². The first-order valence-corrected chi connectivity index (χ1v) is 4.91. The lowest BCUT2D eigenvalue weighted by atomic mass is 10.1. The second kappa shape index (κ2) is 6.12. The minimum atomic E-state index is -0.758. The van der Waals surface area contributed by atoms with Crippen LogP contribution < -0.4 is 0 Å². The highest BCUT2D eigenvalue weighted by molar-refractivity contribution is 5.89. The molecule has 1 rings (SSSR count). The maximum atomic E-state index is 11.3. The number of methoxy groups -OCH3 is 2. The highest BCUT2D eigenvalue weighted by Gasteiger charge is 2.22. The van der Waals surface area contributed by atoms with Gasteiger partial charge in [-0.25, -0.2) is 9.59 Å². The molecule has 0 aromatic rings. The molecule has 1 heterocycles. The molecule has 90 valence electrons. The van der Waals surface area contributed by atoms with E-state index in [2.05, 4.69) is 9.47 Å². The Kier molecular flexibility index (Phi) is 4.78. The van der Waals surface area contributed by atoms with Crippen molar-refractivity contribution in [2.24, 2.45) is 0 Å². The molecule has 6 heteroatoms. The number of nitrogens with zero attached hydrogens (tertiary/aromatic N) is 1. The molecule has 2 amide bonds. The van der Waals surface area contributed by atoms with E-state index in [1.165, 1.54) is 20.4 Å². The summed E-state index contributed by atoms with van der Waals surface area (Å²) in [7, 11) is 2.42. The van der Waals surface area contributed by atoms with E-state index >= 15 is 0 Å². The number of rotatable bonds is 1. The summed E-state index contributed by atoms with van der Waals surface area (Å²) in [5.74, 6) is 0. The first kappa shape index (κ1) is 12.5. The molecule has 0 aromatic heterocycles. The number of ether oxygens (including phenoxy) is 3.